The zero-order valence-electron chi connectivity index (χ0n) is 11.7. The number of oxazole rings is 1. The minimum absolute atomic E-state index is 0.329. The van der Waals surface area contributed by atoms with E-state index in [2.05, 4.69) is 10.3 Å². The molecule has 0 aliphatic carbocycles. The molecular formula is C14H17N3O2S. The third-order valence-corrected chi connectivity index (χ3v) is 3.21. The Labute approximate surface area is 123 Å². The van der Waals surface area contributed by atoms with E-state index in [4.69, 9.17) is 27.1 Å². The third kappa shape index (κ3) is 3.08. The number of ether oxygens (including phenoxy) is 1. The van der Waals surface area contributed by atoms with Crippen LogP contribution in [0.4, 0.5) is 5.69 Å². The molecule has 20 heavy (non-hydrogen) atoms. The summed E-state index contributed by atoms with van der Waals surface area (Å²) in [5.41, 5.74) is 8.17. The molecule has 2 rings (SSSR count). The Morgan fingerprint density at radius 3 is 2.75 bits per heavy atom. The standard InChI is InChI=1S/C14H17N3O2S/c1-8-9(2)19-13(17-8)7-16-12-6-10(18-3)4-5-11(12)14(15)20/h4-6,16H,7H2,1-3H3,(H2,15,20). The number of nitrogens with two attached hydrogens (primary N) is 1. The lowest BCUT2D eigenvalue weighted by atomic mass is 10.1. The molecule has 0 aliphatic rings. The van der Waals surface area contributed by atoms with Gasteiger partial charge in [0.25, 0.3) is 0 Å². The van der Waals surface area contributed by atoms with Crippen molar-refractivity contribution >= 4 is 22.9 Å². The van der Waals surface area contributed by atoms with Crippen molar-refractivity contribution in [1.82, 2.24) is 4.98 Å². The molecule has 0 radical (unpaired) electrons. The van der Waals surface area contributed by atoms with Crippen LogP contribution in [-0.2, 0) is 6.54 Å². The van der Waals surface area contributed by atoms with Crippen molar-refractivity contribution in [3.8, 4) is 5.75 Å². The molecule has 0 saturated carbocycles. The monoisotopic (exact) mass is 291 g/mol. The molecule has 3 N–H and O–H groups in total. The molecule has 0 aliphatic heterocycles. The summed E-state index contributed by atoms with van der Waals surface area (Å²) in [6.45, 7) is 4.25. The Hall–Kier alpha value is -2.08. The van der Waals surface area contributed by atoms with Gasteiger partial charge in [0.1, 0.15) is 16.5 Å². The lowest BCUT2D eigenvalue weighted by Crippen LogP contribution is -2.13. The minimum Gasteiger partial charge on any atom is -0.497 e. The zero-order valence-corrected chi connectivity index (χ0v) is 12.5. The molecule has 0 spiro atoms. The SMILES string of the molecule is COc1ccc(C(N)=S)c(NCc2nc(C)c(C)o2)c1. The molecule has 1 aromatic heterocycles. The van der Waals surface area contributed by atoms with Crippen LogP contribution in [0.25, 0.3) is 0 Å². The normalized spacial score (nSPS) is 10.3. The molecular weight excluding hydrogens is 274 g/mol. The van der Waals surface area contributed by atoms with E-state index in [0.29, 0.717) is 17.4 Å². The van der Waals surface area contributed by atoms with Crippen LogP contribution in [0, 0.1) is 13.8 Å². The maximum Gasteiger partial charge on any atom is 0.213 e. The average Bonchev–Trinajstić information content (AvgIpc) is 2.75. The average molecular weight is 291 g/mol. The quantitative estimate of drug-likeness (QED) is 0.825. The number of aromatic nitrogens is 1. The minimum atomic E-state index is 0.329. The molecule has 0 atom stereocenters. The van der Waals surface area contributed by atoms with E-state index < -0.39 is 0 Å². The number of anilines is 1. The Kier molecular flexibility index (Phi) is 4.24. The summed E-state index contributed by atoms with van der Waals surface area (Å²) in [4.78, 5) is 4.65. The van der Waals surface area contributed by atoms with Gasteiger partial charge in [-0.3, -0.25) is 0 Å². The van der Waals surface area contributed by atoms with Crippen molar-refractivity contribution in [2.24, 2.45) is 5.73 Å². The molecule has 2 aromatic rings. The molecule has 5 nitrogen and oxygen atoms in total. The number of hydrogen-bond acceptors (Lipinski definition) is 5. The molecule has 106 valence electrons. The fraction of sp³-hybridized carbons (Fsp3) is 0.286. The number of methoxy groups -OCH3 is 1. The van der Waals surface area contributed by atoms with Gasteiger partial charge in [0.15, 0.2) is 0 Å². The largest absolute Gasteiger partial charge is 0.497 e. The Morgan fingerprint density at radius 1 is 1.45 bits per heavy atom. The number of nitrogens with one attached hydrogen (secondary N) is 1. The van der Waals surface area contributed by atoms with Crippen molar-refractivity contribution < 1.29 is 9.15 Å². The number of aryl methyl sites for hydroxylation is 2. The van der Waals surface area contributed by atoms with Crippen LogP contribution in [0.2, 0.25) is 0 Å². The highest BCUT2D eigenvalue weighted by atomic mass is 32.1. The number of benzene rings is 1. The van der Waals surface area contributed by atoms with E-state index in [1.807, 2.05) is 32.0 Å². The van der Waals surface area contributed by atoms with Gasteiger partial charge in [-0.1, -0.05) is 12.2 Å². The smallest absolute Gasteiger partial charge is 0.213 e. The Morgan fingerprint density at radius 2 is 2.20 bits per heavy atom. The van der Waals surface area contributed by atoms with Crippen LogP contribution in [0.5, 0.6) is 5.75 Å². The number of nitrogens with zero attached hydrogens (tertiary/aromatic N) is 1. The highest BCUT2D eigenvalue weighted by molar-refractivity contribution is 7.80. The van der Waals surface area contributed by atoms with E-state index in [0.717, 1.165) is 28.5 Å². The van der Waals surface area contributed by atoms with E-state index >= 15 is 0 Å². The summed E-state index contributed by atoms with van der Waals surface area (Å²) >= 11 is 5.04. The fourth-order valence-corrected chi connectivity index (χ4v) is 1.98. The predicted octanol–water partition coefficient (Wildman–Crippen LogP) is 2.55. The van der Waals surface area contributed by atoms with Gasteiger partial charge >= 0.3 is 0 Å². The van der Waals surface area contributed by atoms with Crippen molar-refractivity contribution in [1.29, 1.82) is 0 Å². The summed E-state index contributed by atoms with van der Waals surface area (Å²) in [5.74, 6) is 2.17. The van der Waals surface area contributed by atoms with E-state index in [9.17, 15) is 0 Å². The highest BCUT2D eigenvalue weighted by Crippen LogP contribution is 2.23. The fourth-order valence-electron chi connectivity index (χ4n) is 1.80. The maximum atomic E-state index is 5.71. The van der Waals surface area contributed by atoms with Crippen LogP contribution in [-0.4, -0.2) is 17.1 Å². The van der Waals surface area contributed by atoms with Gasteiger partial charge in [0.2, 0.25) is 5.89 Å². The van der Waals surface area contributed by atoms with E-state index in [1.165, 1.54) is 0 Å². The first-order chi connectivity index (χ1) is 9.51. The molecule has 1 aromatic carbocycles. The Bertz CT molecular complexity index is 618. The summed E-state index contributed by atoms with van der Waals surface area (Å²) in [6, 6.07) is 5.49. The molecule has 0 unspecified atom stereocenters. The topological polar surface area (TPSA) is 73.3 Å². The summed E-state index contributed by atoms with van der Waals surface area (Å²) in [5, 5.41) is 3.22. The molecule has 6 heteroatoms. The van der Waals surface area contributed by atoms with Crippen LogP contribution < -0.4 is 15.8 Å². The molecule has 0 bridgehead atoms. The zero-order chi connectivity index (χ0) is 14.7. The maximum absolute atomic E-state index is 5.71. The van der Waals surface area contributed by atoms with Gasteiger partial charge in [-0.25, -0.2) is 4.98 Å². The van der Waals surface area contributed by atoms with E-state index in [-0.39, 0.29) is 0 Å². The second kappa shape index (κ2) is 5.92. The second-order valence-electron chi connectivity index (χ2n) is 4.38. The summed E-state index contributed by atoms with van der Waals surface area (Å²) in [7, 11) is 1.61. The van der Waals surface area contributed by atoms with Crippen molar-refractivity contribution in [2.75, 3.05) is 12.4 Å². The summed E-state index contributed by atoms with van der Waals surface area (Å²) in [6.07, 6.45) is 0. The number of rotatable bonds is 5. The summed E-state index contributed by atoms with van der Waals surface area (Å²) < 4.78 is 10.7. The van der Waals surface area contributed by atoms with Crippen LogP contribution >= 0.6 is 12.2 Å². The van der Waals surface area contributed by atoms with E-state index in [1.54, 1.807) is 7.11 Å². The van der Waals surface area contributed by atoms with Gasteiger partial charge in [0.05, 0.1) is 19.3 Å². The highest BCUT2D eigenvalue weighted by Gasteiger charge is 2.09. The van der Waals surface area contributed by atoms with Gasteiger partial charge in [-0.2, -0.15) is 0 Å². The molecule has 0 fully saturated rings. The lowest BCUT2D eigenvalue weighted by molar-refractivity contribution is 0.415. The van der Waals surface area contributed by atoms with Gasteiger partial charge in [-0.15, -0.1) is 0 Å². The first kappa shape index (κ1) is 14.3. The molecule has 0 saturated heterocycles. The number of hydrogen-bond donors (Lipinski definition) is 2. The molecule has 1 heterocycles. The first-order valence-electron chi connectivity index (χ1n) is 6.16. The Balaban J connectivity index is 2.20. The van der Waals surface area contributed by atoms with Crippen molar-refractivity contribution in [2.45, 2.75) is 20.4 Å². The second-order valence-corrected chi connectivity index (χ2v) is 4.82. The first-order valence-corrected chi connectivity index (χ1v) is 6.56. The predicted molar refractivity (Wildman–Crippen MR) is 82.2 cm³/mol. The van der Waals surface area contributed by atoms with Crippen molar-refractivity contribution in [3.63, 3.8) is 0 Å². The lowest BCUT2D eigenvalue weighted by Gasteiger charge is -2.11. The van der Waals surface area contributed by atoms with Crippen LogP contribution in [0.3, 0.4) is 0 Å². The molecule has 0 amide bonds. The van der Waals surface area contributed by atoms with Crippen molar-refractivity contribution in [3.05, 3.63) is 41.1 Å². The van der Waals surface area contributed by atoms with Gasteiger partial charge < -0.3 is 20.2 Å². The number of thiocarbonyl (C=S) groups is 1. The third-order valence-electron chi connectivity index (χ3n) is 3.00. The van der Waals surface area contributed by atoms with Crippen LogP contribution in [0.1, 0.15) is 22.9 Å². The van der Waals surface area contributed by atoms with Gasteiger partial charge in [0, 0.05) is 17.3 Å². The van der Waals surface area contributed by atoms with Crippen LogP contribution in [0.15, 0.2) is 22.6 Å². The van der Waals surface area contributed by atoms with Gasteiger partial charge in [-0.05, 0) is 26.0 Å².